The highest BCUT2D eigenvalue weighted by atomic mass is 16.2. The molecule has 0 unspecified atom stereocenters. The van der Waals surface area contributed by atoms with E-state index in [-0.39, 0.29) is 30.7 Å². The minimum absolute atomic E-state index is 0.0847. The number of carbonyl (C=O) groups excluding carboxylic acids is 3. The second-order valence-electron chi connectivity index (χ2n) is 5.85. The van der Waals surface area contributed by atoms with Crippen molar-refractivity contribution in [3.8, 4) is 0 Å². The summed E-state index contributed by atoms with van der Waals surface area (Å²) in [6.45, 7) is 1.96. The van der Waals surface area contributed by atoms with Gasteiger partial charge in [-0.1, -0.05) is 29.8 Å². The molecule has 5 heteroatoms. The van der Waals surface area contributed by atoms with Gasteiger partial charge in [-0.2, -0.15) is 0 Å². The van der Waals surface area contributed by atoms with Crippen LogP contribution >= 0.6 is 0 Å². The molecule has 0 bridgehead atoms. The largest absolute Gasteiger partial charge is 0.315 e. The third-order valence-corrected chi connectivity index (χ3v) is 4.19. The lowest BCUT2D eigenvalue weighted by molar-refractivity contribution is -0.118. The molecule has 0 spiro atoms. The van der Waals surface area contributed by atoms with Gasteiger partial charge in [-0.3, -0.25) is 19.3 Å². The molecule has 1 aliphatic heterocycles. The first kappa shape index (κ1) is 15.9. The Kier molecular flexibility index (Phi) is 4.16. The van der Waals surface area contributed by atoms with Crippen LogP contribution in [0, 0.1) is 6.92 Å². The minimum atomic E-state index is -0.329. The second kappa shape index (κ2) is 6.28. The smallest absolute Gasteiger partial charge is 0.261 e. The molecule has 0 N–H and O–H groups in total. The normalized spacial score (nSPS) is 13.2. The molecule has 0 saturated heterocycles. The monoisotopic (exact) mass is 322 g/mol. The summed E-state index contributed by atoms with van der Waals surface area (Å²) in [7, 11) is 1.68. The molecule has 0 fully saturated rings. The number of carbonyl (C=O) groups is 3. The number of rotatable bonds is 4. The Morgan fingerprint density at radius 1 is 1.00 bits per heavy atom. The highest BCUT2D eigenvalue weighted by Gasteiger charge is 2.35. The number of aryl methyl sites for hydroxylation is 1. The van der Waals surface area contributed by atoms with Crippen molar-refractivity contribution in [2.24, 2.45) is 0 Å². The van der Waals surface area contributed by atoms with Crippen LogP contribution in [0.5, 0.6) is 0 Å². The Morgan fingerprint density at radius 2 is 1.67 bits per heavy atom. The average Bonchev–Trinajstić information content (AvgIpc) is 2.83. The molecule has 3 rings (SSSR count). The SMILES string of the molecule is Cc1ccc2c(c1)C(=O)N(CCC(=O)N(C)c1ccccc1)C2=O. The van der Waals surface area contributed by atoms with E-state index in [9.17, 15) is 14.4 Å². The number of amides is 3. The Bertz CT molecular complexity index is 815. The van der Waals surface area contributed by atoms with Gasteiger partial charge >= 0.3 is 0 Å². The van der Waals surface area contributed by atoms with Crippen molar-refractivity contribution in [3.63, 3.8) is 0 Å². The van der Waals surface area contributed by atoms with Crippen LogP contribution in [-0.2, 0) is 4.79 Å². The van der Waals surface area contributed by atoms with E-state index in [1.54, 1.807) is 19.2 Å². The van der Waals surface area contributed by atoms with E-state index in [0.717, 1.165) is 16.2 Å². The second-order valence-corrected chi connectivity index (χ2v) is 5.85. The first-order chi connectivity index (χ1) is 11.5. The van der Waals surface area contributed by atoms with Crippen LogP contribution in [0.4, 0.5) is 5.69 Å². The van der Waals surface area contributed by atoms with Crippen LogP contribution in [0.15, 0.2) is 48.5 Å². The lowest BCUT2D eigenvalue weighted by atomic mass is 10.1. The number of hydrogen-bond donors (Lipinski definition) is 0. The average molecular weight is 322 g/mol. The number of imide groups is 1. The van der Waals surface area contributed by atoms with E-state index >= 15 is 0 Å². The highest BCUT2D eigenvalue weighted by Crippen LogP contribution is 2.24. The van der Waals surface area contributed by atoms with Gasteiger partial charge in [-0.15, -0.1) is 0 Å². The van der Waals surface area contributed by atoms with Gasteiger partial charge in [0.15, 0.2) is 0 Å². The van der Waals surface area contributed by atoms with Crippen LogP contribution in [0.1, 0.15) is 32.7 Å². The van der Waals surface area contributed by atoms with E-state index < -0.39 is 0 Å². The van der Waals surface area contributed by atoms with Crippen LogP contribution in [-0.4, -0.2) is 36.2 Å². The van der Waals surface area contributed by atoms with Gasteiger partial charge in [0.05, 0.1) is 11.1 Å². The molecule has 5 nitrogen and oxygen atoms in total. The van der Waals surface area contributed by atoms with Crippen LogP contribution in [0.25, 0.3) is 0 Å². The topological polar surface area (TPSA) is 57.7 Å². The van der Waals surface area contributed by atoms with Crippen molar-refractivity contribution in [1.29, 1.82) is 0 Å². The van der Waals surface area contributed by atoms with E-state index in [0.29, 0.717) is 11.1 Å². The van der Waals surface area contributed by atoms with Gasteiger partial charge in [0.1, 0.15) is 0 Å². The number of anilines is 1. The molecule has 0 aromatic heterocycles. The number of nitrogens with zero attached hydrogens (tertiary/aromatic N) is 2. The van der Waals surface area contributed by atoms with Gasteiger partial charge in [-0.25, -0.2) is 0 Å². The fraction of sp³-hybridized carbons (Fsp3) is 0.211. The summed E-state index contributed by atoms with van der Waals surface area (Å²) in [5.74, 6) is -0.798. The zero-order valence-electron chi connectivity index (χ0n) is 13.7. The number of fused-ring (bicyclic) bond motifs is 1. The summed E-state index contributed by atoms with van der Waals surface area (Å²) in [5, 5.41) is 0. The molecule has 3 amide bonds. The van der Waals surface area contributed by atoms with Crippen molar-refractivity contribution in [1.82, 2.24) is 4.90 Å². The lowest BCUT2D eigenvalue weighted by Crippen LogP contribution is -2.35. The highest BCUT2D eigenvalue weighted by molar-refractivity contribution is 6.21. The first-order valence-corrected chi connectivity index (χ1v) is 7.77. The number of para-hydroxylation sites is 1. The molecule has 24 heavy (non-hydrogen) atoms. The van der Waals surface area contributed by atoms with E-state index in [1.807, 2.05) is 43.3 Å². The predicted octanol–water partition coefficient (Wildman–Crippen LogP) is 2.64. The Hall–Kier alpha value is -2.95. The van der Waals surface area contributed by atoms with Crippen LogP contribution in [0.2, 0.25) is 0 Å². The van der Waals surface area contributed by atoms with Gasteiger partial charge in [0.25, 0.3) is 11.8 Å². The number of benzene rings is 2. The van der Waals surface area contributed by atoms with Gasteiger partial charge in [0.2, 0.25) is 5.91 Å². The molecule has 0 aliphatic carbocycles. The zero-order chi connectivity index (χ0) is 17.3. The maximum absolute atomic E-state index is 12.4. The summed E-state index contributed by atoms with van der Waals surface area (Å²) in [6.07, 6.45) is 0.0931. The van der Waals surface area contributed by atoms with Crippen molar-refractivity contribution < 1.29 is 14.4 Å². The minimum Gasteiger partial charge on any atom is -0.315 e. The van der Waals surface area contributed by atoms with Crippen LogP contribution < -0.4 is 4.90 Å². The Morgan fingerprint density at radius 3 is 2.38 bits per heavy atom. The molecular formula is C19H18N2O3. The maximum Gasteiger partial charge on any atom is 0.261 e. The predicted molar refractivity (Wildman–Crippen MR) is 91.0 cm³/mol. The molecule has 0 saturated carbocycles. The summed E-state index contributed by atoms with van der Waals surface area (Å²) in [4.78, 5) is 39.7. The third kappa shape index (κ3) is 2.80. The lowest BCUT2D eigenvalue weighted by Gasteiger charge is -2.19. The molecule has 0 radical (unpaired) electrons. The zero-order valence-corrected chi connectivity index (χ0v) is 13.7. The molecular weight excluding hydrogens is 304 g/mol. The standard InChI is InChI=1S/C19H18N2O3/c1-13-8-9-15-16(12-13)19(24)21(18(15)23)11-10-17(22)20(2)14-6-4-3-5-7-14/h3-9,12H,10-11H2,1-2H3. The molecule has 1 heterocycles. The summed E-state index contributed by atoms with van der Waals surface area (Å²) < 4.78 is 0. The first-order valence-electron chi connectivity index (χ1n) is 7.77. The summed E-state index contributed by atoms with van der Waals surface area (Å²) in [5.41, 5.74) is 2.54. The van der Waals surface area contributed by atoms with Crippen molar-refractivity contribution >= 4 is 23.4 Å². The maximum atomic E-state index is 12.4. The fourth-order valence-corrected chi connectivity index (χ4v) is 2.78. The van der Waals surface area contributed by atoms with Gasteiger partial charge < -0.3 is 4.90 Å². The fourth-order valence-electron chi connectivity index (χ4n) is 2.78. The summed E-state index contributed by atoms with van der Waals surface area (Å²) in [6, 6.07) is 14.4. The molecule has 0 atom stereocenters. The van der Waals surface area contributed by atoms with E-state index in [4.69, 9.17) is 0 Å². The van der Waals surface area contributed by atoms with E-state index in [2.05, 4.69) is 0 Å². The third-order valence-electron chi connectivity index (χ3n) is 4.19. The number of hydrogen-bond acceptors (Lipinski definition) is 3. The van der Waals surface area contributed by atoms with Crippen LogP contribution in [0.3, 0.4) is 0 Å². The van der Waals surface area contributed by atoms with Crippen molar-refractivity contribution in [2.75, 3.05) is 18.5 Å². The Labute approximate surface area is 140 Å². The van der Waals surface area contributed by atoms with Gasteiger partial charge in [0, 0.05) is 25.7 Å². The quantitative estimate of drug-likeness (QED) is 0.813. The molecule has 2 aromatic carbocycles. The molecule has 1 aliphatic rings. The summed E-state index contributed by atoms with van der Waals surface area (Å²) >= 11 is 0. The molecule has 2 aromatic rings. The van der Waals surface area contributed by atoms with Crippen molar-refractivity contribution in [3.05, 3.63) is 65.2 Å². The Balaban J connectivity index is 1.68. The van der Waals surface area contributed by atoms with Gasteiger partial charge in [-0.05, 0) is 31.2 Å². The van der Waals surface area contributed by atoms with E-state index in [1.165, 1.54) is 4.90 Å². The van der Waals surface area contributed by atoms with Crippen molar-refractivity contribution in [2.45, 2.75) is 13.3 Å². The molecule has 122 valence electrons.